The summed E-state index contributed by atoms with van der Waals surface area (Å²) in [6.45, 7) is 5.39. The molecule has 1 aliphatic heterocycles. The van der Waals surface area contributed by atoms with Crippen molar-refractivity contribution in [2.45, 2.75) is 32.4 Å². The van der Waals surface area contributed by atoms with Gasteiger partial charge >= 0.3 is 6.09 Å². The molecule has 2 aromatic rings. The van der Waals surface area contributed by atoms with E-state index < -0.39 is 17.7 Å². The standard InChI is InChI=1S/C19H20N2O4S/c1-19(2,3)25-18(24)20-10-15(12-8-9-26-11-12)21-16(22)13-6-4-5-7-14(13)17(21)23/h4-9,11,15H,10H2,1-3H3,(H,20,24)/t15-/m1/s1. The van der Waals surface area contributed by atoms with Crippen molar-refractivity contribution < 1.29 is 19.1 Å². The van der Waals surface area contributed by atoms with Gasteiger partial charge in [-0.25, -0.2) is 4.79 Å². The van der Waals surface area contributed by atoms with Crippen molar-refractivity contribution in [2.24, 2.45) is 0 Å². The molecule has 1 aliphatic rings. The number of carbonyl (C=O) groups excluding carboxylic acids is 3. The molecule has 6 nitrogen and oxygen atoms in total. The van der Waals surface area contributed by atoms with Gasteiger partial charge in [-0.3, -0.25) is 14.5 Å². The van der Waals surface area contributed by atoms with Gasteiger partial charge in [0.2, 0.25) is 0 Å². The quantitative estimate of drug-likeness (QED) is 0.832. The van der Waals surface area contributed by atoms with Gasteiger partial charge in [0.1, 0.15) is 5.60 Å². The number of nitrogens with one attached hydrogen (secondary N) is 1. The molecule has 0 spiro atoms. The summed E-state index contributed by atoms with van der Waals surface area (Å²) in [6, 6.07) is 7.98. The van der Waals surface area contributed by atoms with Crippen molar-refractivity contribution >= 4 is 29.2 Å². The largest absolute Gasteiger partial charge is 0.444 e. The molecular formula is C19H20N2O4S. The van der Waals surface area contributed by atoms with Gasteiger partial charge in [-0.05, 0) is 55.3 Å². The molecule has 1 aromatic carbocycles. The van der Waals surface area contributed by atoms with Crippen molar-refractivity contribution in [3.8, 4) is 0 Å². The second kappa shape index (κ2) is 6.92. The van der Waals surface area contributed by atoms with Crippen molar-refractivity contribution in [3.63, 3.8) is 0 Å². The Hall–Kier alpha value is -2.67. The molecule has 0 unspecified atom stereocenters. The molecule has 1 N–H and O–H groups in total. The molecule has 1 aromatic heterocycles. The number of nitrogens with zero attached hydrogens (tertiary/aromatic N) is 1. The number of alkyl carbamates (subject to hydrolysis) is 1. The molecule has 3 rings (SSSR count). The number of ether oxygens (including phenoxy) is 1. The Kier molecular flexibility index (Phi) is 4.82. The molecule has 3 amide bonds. The highest BCUT2D eigenvalue weighted by molar-refractivity contribution is 7.08. The van der Waals surface area contributed by atoms with Crippen molar-refractivity contribution in [1.82, 2.24) is 10.2 Å². The third-order valence-electron chi connectivity index (χ3n) is 3.90. The van der Waals surface area contributed by atoms with Crippen LogP contribution in [0.4, 0.5) is 4.79 Å². The van der Waals surface area contributed by atoms with E-state index in [9.17, 15) is 14.4 Å². The summed E-state index contributed by atoms with van der Waals surface area (Å²) in [6.07, 6.45) is -0.589. The predicted molar refractivity (Wildman–Crippen MR) is 98.2 cm³/mol. The fourth-order valence-corrected chi connectivity index (χ4v) is 3.51. The average Bonchev–Trinajstić information content (AvgIpc) is 3.17. The Morgan fingerprint density at radius 3 is 2.27 bits per heavy atom. The number of carbonyl (C=O) groups is 3. The zero-order chi connectivity index (χ0) is 18.9. The SMILES string of the molecule is CC(C)(C)OC(=O)NC[C@H](c1ccsc1)N1C(=O)c2ccccc2C1=O. The number of rotatable bonds is 4. The summed E-state index contributed by atoms with van der Waals surface area (Å²) in [4.78, 5) is 38.8. The maximum absolute atomic E-state index is 12.8. The van der Waals surface area contributed by atoms with E-state index in [1.165, 1.54) is 16.2 Å². The summed E-state index contributed by atoms with van der Waals surface area (Å²) in [7, 11) is 0. The lowest BCUT2D eigenvalue weighted by Gasteiger charge is -2.27. The highest BCUT2D eigenvalue weighted by Gasteiger charge is 2.40. The Bertz CT molecular complexity index is 804. The highest BCUT2D eigenvalue weighted by atomic mass is 32.1. The first-order valence-electron chi connectivity index (χ1n) is 8.24. The molecular weight excluding hydrogens is 352 g/mol. The number of fused-ring (bicyclic) bond motifs is 1. The van der Waals surface area contributed by atoms with Crippen LogP contribution in [0.5, 0.6) is 0 Å². The van der Waals surface area contributed by atoms with Gasteiger partial charge in [-0.1, -0.05) is 12.1 Å². The van der Waals surface area contributed by atoms with Crippen LogP contribution in [-0.4, -0.2) is 35.0 Å². The van der Waals surface area contributed by atoms with Crippen LogP contribution in [0.1, 0.15) is 53.1 Å². The van der Waals surface area contributed by atoms with Crippen LogP contribution in [0.25, 0.3) is 0 Å². The molecule has 0 saturated carbocycles. The van der Waals surface area contributed by atoms with E-state index in [1.807, 2.05) is 16.8 Å². The maximum atomic E-state index is 12.8. The minimum Gasteiger partial charge on any atom is -0.444 e. The molecule has 0 aliphatic carbocycles. The van der Waals surface area contributed by atoms with E-state index in [-0.39, 0.29) is 18.4 Å². The molecule has 2 heterocycles. The summed E-state index contributed by atoms with van der Waals surface area (Å²) in [5, 5.41) is 6.40. The molecule has 0 fully saturated rings. The second-order valence-electron chi connectivity index (χ2n) is 6.98. The van der Waals surface area contributed by atoms with Crippen LogP contribution in [0, 0.1) is 0 Å². The maximum Gasteiger partial charge on any atom is 0.407 e. The molecule has 7 heteroatoms. The fourth-order valence-electron chi connectivity index (χ4n) is 2.81. The van der Waals surface area contributed by atoms with Gasteiger partial charge in [-0.15, -0.1) is 0 Å². The molecule has 0 bridgehead atoms. The average molecular weight is 372 g/mol. The third kappa shape index (κ3) is 3.62. The van der Waals surface area contributed by atoms with Crippen LogP contribution in [0.2, 0.25) is 0 Å². The topological polar surface area (TPSA) is 75.7 Å². The minimum absolute atomic E-state index is 0.0805. The van der Waals surface area contributed by atoms with Gasteiger partial charge in [0.05, 0.1) is 17.2 Å². The second-order valence-corrected chi connectivity index (χ2v) is 7.76. The molecule has 136 valence electrons. The lowest BCUT2D eigenvalue weighted by molar-refractivity contribution is 0.0467. The van der Waals surface area contributed by atoms with Gasteiger partial charge in [0, 0.05) is 6.54 Å². The van der Waals surface area contributed by atoms with E-state index >= 15 is 0 Å². The number of thiophene rings is 1. The summed E-state index contributed by atoms with van der Waals surface area (Å²) in [5.41, 5.74) is 0.933. The molecule has 26 heavy (non-hydrogen) atoms. The first-order valence-corrected chi connectivity index (χ1v) is 9.18. The van der Waals surface area contributed by atoms with Crippen LogP contribution in [0.15, 0.2) is 41.1 Å². The number of amides is 3. The first-order chi connectivity index (χ1) is 12.3. The zero-order valence-electron chi connectivity index (χ0n) is 14.8. The van der Waals surface area contributed by atoms with Crippen molar-refractivity contribution in [3.05, 3.63) is 57.8 Å². The molecule has 0 radical (unpaired) electrons. The monoisotopic (exact) mass is 372 g/mol. The van der Waals surface area contributed by atoms with E-state index in [1.54, 1.807) is 45.0 Å². The van der Waals surface area contributed by atoms with Gasteiger partial charge in [0.25, 0.3) is 11.8 Å². The van der Waals surface area contributed by atoms with Gasteiger partial charge in [-0.2, -0.15) is 11.3 Å². The summed E-state index contributed by atoms with van der Waals surface area (Å²) in [5.74, 6) is -0.708. The number of hydrogen-bond donors (Lipinski definition) is 1. The van der Waals surface area contributed by atoms with E-state index in [0.29, 0.717) is 11.1 Å². The van der Waals surface area contributed by atoms with E-state index in [4.69, 9.17) is 4.74 Å². The van der Waals surface area contributed by atoms with Crippen LogP contribution in [-0.2, 0) is 4.74 Å². The Labute approximate surface area is 155 Å². The number of benzene rings is 1. The lowest BCUT2D eigenvalue weighted by atomic mass is 10.1. The Morgan fingerprint density at radius 2 is 1.77 bits per heavy atom. The Morgan fingerprint density at radius 1 is 1.15 bits per heavy atom. The Balaban J connectivity index is 1.84. The smallest absolute Gasteiger partial charge is 0.407 e. The van der Waals surface area contributed by atoms with Crippen LogP contribution < -0.4 is 5.32 Å². The zero-order valence-corrected chi connectivity index (χ0v) is 15.6. The van der Waals surface area contributed by atoms with Gasteiger partial charge in [0.15, 0.2) is 0 Å². The highest BCUT2D eigenvalue weighted by Crippen LogP contribution is 2.32. The molecule has 1 atom stereocenters. The minimum atomic E-state index is -0.627. The molecule has 0 saturated heterocycles. The predicted octanol–water partition coefficient (Wildman–Crippen LogP) is 3.61. The first kappa shape index (κ1) is 18.1. The van der Waals surface area contributed by atoms with Gasteiger partial charge < -0.3 is 10.1 Å². The van der Waals surface area contributed by atoms with Crippen LogP contribution in [0.3, 0.4) is 0 Å². The third-order valence-corrected chi connectivity index (χ3v) is 4.61. The lowest BCUT2D eigenvalue weighted by Crippen LogP contribution is -2.42. The van der Waals surface area contributed by atoms with Crippen molar-refractivity contribution in [2.75, 3.05) is 6.54 Å². The van der Waals surface area contributed by atoms with E-state index in [2.05, 4.69) is 5.32 Å². The summed E-state index contributed by atoms with van der Waals surface area (Å²) < 4.78 is 5.25. The van der Waals surface area contributed by atoms with Crippen molar-refractivity contribution in [1.29, 1.82) is 0 Å². The normalized spacial score (nSPS) is 15.0. The number of hydrogen-bond acceptors (Lipinski definition) is 5. The number of imide groups is 1. The van der Waals surface area contributed by atoms with E-state index in [0.717, 1.165) is 5.56 Å². The summed E-state index contributed by atoms with van der Waals surface area (Å²) >= 11 is 1.46. The fraction of sp³-hybridized carbons (Fsp3) is 0.316. The van der Waals surface area contributed by atoms with Crippen LogP contribution >= 0.6 is 11.3 Å².